The number of rotatable bonds is 4. The van der Waals surface area contributed by atoms with E-state index >= 15 is 0 Å². The van der Waals surface area contributed by atoms with Crippen LogP contribution in [0.4, 0.5) is 0 Å². The van der Waals surface area contributed by atoms with Gasteiger partial charge >= 0.3 is 5.97 Å². The molecule has 1 spiro atoms. The summed E-state index contributed by atoms with van der Waals surface area (Å²) in [4.78, 5) is 31.7. The van der Waals surface area contributed by atoms with Crippen LogP contribution in [0.25, 0.3) is 0 Å². The lowest BCUT2D eigenvalue weighted by molar-refractivity contribution is -0.0906. The summed E-state index contributed by atoms with van der Waals surface area (Å²) in [6.07, 6.45) is 3.64. The highest BCUT2D eigenvalue weighted by Crippen LogP contribution is 2.45. The zero-order valence-electron chi connectivity index (χ0n) is 15.6. The standard InChI is InChI=1S/C20H22N2O5S/c1-2-26-17-14(4-3-8-21-17)18(23)22-9-6-20(7-10-22)16-13(5-11-27-20)12-15(28-16)19(24)25/h3-4,8,12H,2,5-7,9-11H2,1H3,(H,24,25). The molecule has 148 valence electrons. The molecule has 0 atom stereocenters. The number of hydrogen-bond acceptors (Lipinski definition) is 6. The average molecular weight is 402 g/mol. The van der Waals surface area contributed by atoms with Crippen molar-refractivity contribution < 1.29 is 24.2 Å². The highest BCUT2D eigenvalue weighted by molar-refractivity contribution is 7.14. The molecule has 0 saturated carbocycles. The second-order valence-corrected chi connectivity index (χ2v) is 8.00. The molecule has 7 nitrogen and oxygen atoms in total. The number of carboxylic acids is 1. The molecule has 0 aliphatic carbocycles. The van der Waals surface area contributed by atoms with E-state index in [4.69, 9.17) is 9.47 Å². The number of ether oxygens (including phenoxy) is 2. The van der Waals surface area contributed by atoms with Crippen LogP contribution in [-0.4, -0.2) is 53.2 Å². The van der Waals surface area contributed by atoms with Crippen LogP contribution in [0.15, 0.2) is 24.4 Å². The smallest absolute Gasteiger partial charge is 0.345 e. The van der Waals surface area contributed by atoms with Crippen molar-refractivity contribution in [2.75, 3.05) is 26.3 Å². The van der Waals surface area contributed by atoms with Crippen molar-refractivity contribution in [3.05, 3.63) is 45.3 Å². The molecular formula is C20H22N2O5S. The number of amides is 1. The maximum atomic E-state index is 13.0. The van der Waals surface area contributed by atoms with E-state index in [1.807, 2.05) is 6.92 Å². The fourth-order valence-electron chi connectivity index (χ4n) is 3.95. The molecular weight excluding hydrogens is 380 g/mol. The summed E-state index contributed by atoms with van der Waals surface area (Å²) in [6.45, 7) is 3.96. The van der Waals surface area contributed by atoms with Crippen LogP contribution in [0.5, 0.6) is 5.88 Å². The Balaban J connectivity index is 1.53. The molecule has 1 fully saturated rings. The zero-order valence-corrected chi connectivity index (χ0v) is 16.5. The number of aromatic carboxylic acids is 1. The first-order valence-electron chi connectivity index (χ1n) is 9.41. The summed E-state index contributed by atoms with van der Waals surface area (Å²) in [6, 6.07) is 5.24. The van der Waals surface area contributed by atoms with E-state index in [0.29, 0.717) is 55.5 Å². The molecule has 2 aromatic heterocycles. The molecule has 0 aromatic carbocycles. The number of fused-ring (bicyclic) bond motifs is 2. The van der Waals surface area contributed by atoms with Gasteiger partial charge in [0.2, 0.25) is 5.88 Å². The first-order valence-corrected chi connectivity index (χ1v) is 10.2. The van der Waals surface area contributed by atoms with Gasteiger partial charge in [0.05, 0.1) is 13.2 Å². The van der Waals surface area contributed by atoms with Crippen LogP contribution in [0.2, 0.25) is 0 Å². The maximum absolute atomic E-state index is 13.0. The minimum atomic E-state index is -0.901. The number of nitrogens with zero attached hydrogens (tertiary/aromatic N) is 2. The van der Waals surface area contributed by atoms with Crippen molar-refractivity contribution in [3.8, 4) is 5.88 Å². The van der Waals surface area contributed by atoms with Crippen LogP contribution < -0.4 is 4.74 Å². The largest absolute Gasteiger partial charge is 0.477 e. The number of carboxylic acid groups (broad SMARTS) is 1. The molecule has 0 unspecified atom stereocenters. The van der Waals surface area contributed by atoms with Crippen molar-refractivity contribution in [2.24, 2.45) is 0 Å². The summed E-state index contributed by atoms with van der Waals surface area (Å²) in [5.41, 5.74) is 1.05. The number of piperidine rings is 1. The molecule has 0 radical (unpaired) electrons. The van der Waals surface area contributed by atoms with Crippen LogP contribution in [0, 0.1) is 0 Å². The number of aromatic nitrogens is 1. The number of pyridine rings is 1. The van der Waals surface area contributed by atoms with Crippen LogP contribution in [0.1, 0.15) is 50.2 Å². The lowest BCUT2D eigenvalue weighted by atomic mass is 9.85. The van der Waals surface area contributed by atoms with Crippen molar-refractivity contribution in [2.45, 2.75) is 31.8 Å². The van der Waals surface area contributed by atoms with Crippen molar-refractivity contribution in [1.82, 2.24) is 9.88 Å². The molecule has 2 aliphatic rings. The lowest BCUT2D eigenvalue weighted by Gasteiger charge is -2.43. The molecule has 0 bridgehead atoms. The second kappa shape index (κ2) is 7.52. The summed E-state index contributed by atoms with van der Waals surface area (Å²) in [5.74, 6) is -0.641. The third kappa shape index (κ3) is 3.27. The molecule has 4 heterocycles. The van der Waals surface area contributed by atoms with E-state index < -0.39 is 11.6 Å². The van der Waals surface area contributed by atoms with E-state index in [0.717, 1.165) is 16.9 Å². The van der Waals surface area contributed by atoms with Crippen LogP contribution >= 0.6 is 11.3 Å². The highest BCUT2D eigenvalue weighted by Gasteiger charge is 2.43. The fraction of sp³-hybridized carbons (Fsp3) is 0.450. The second-order valence-electron chi connectivity index (χ2n) is 6.94. The molecule has 2 aliphatic heterocycles. The van der Waals surface area contributed by atoms with E-state index in [1.165, 1.54) is 11.3 Å². The maximum Gasteiger partial charge on any atom is 0.345 e. The number of hydrogen-bond donors (Lipinski definition) is 1. The Hall–Kier alpha value is -2.45. The van der Waals surface area contributed by atoms with Gasteiger partial charge in [0.15, 0.2) is 0 Å². The van der Waals surface area contributed by atoms with Gasteiger partial charge in [-0.25, -0.2) is 9.78 Å². The van der Waals surface area contributed by atoms with Crippen molar-refractivity contribution in [1.29, 1.82) is 0 Å². The minimum absolute atomic E-state index is 0.0974. The first kappa shape index (κ1) is 18.9. The highest BCUT2D eigenvalue weighted by atomic mass is 32.1. The van der Waals surface area contributed by atoms with Gasteiger partial charge in [-0.15, -0.1) is 11.3 Å². The number of carbonyl (C=O) groups excluding carboxylic acids is 1. The summed E-state index contributed by atoms with van der Waals surface area (Å²) >= 11 is 1.31. The Labute approximate surface area is 166 Å². The number of likely N-dealkylation sites (tertiary alicyclic amines) is 1. The molecule has 4 rings (SSSR count). The van der Waals surface area contributed by atoms with E-state index in [2.05, 4.69) is 4.98 Å². The Morgan fingerprint density at radius 1 is 1.39 bits per heavy atom. The van der Waals surface area contributed by atoms with E-state index in [-0.39, 0.29) is 5.91 Å². The first-order chi connectivity index (χ1) is 13.5. The Bertz CT molecular complexity index is 902. The summed E-state index contributed by atoms with van der Waals surface area (Å²) in [7, 11) is 0. The molecule has 1 amide bonds. The van der Waals surface area contributed by atoms with Crippen molar-refractivity contribution in [3.63, 3.8) is 0 Å². The topological polar surface area (TPSA) is 89.0 Å². The van der Waals surface area contributed by atoms with Crippen molar-refractivity contribution >= 4 is 23.2 Å². The third-order valence-electron chi connectivity index (χ3n) is 5.32. The summed E-state index contributed by atoms with van der Waals surface area (Å²) < 4.78 is 11.7. The molecule has 1 N–H and O–H groups in total. The predicted octanol–water partition coefficient (Wildman–Crippen LogP) is 2.94. The number of carbonyl (C=O) groups is 2. The Morgan fingerprint density at radius 3 is 2.89 bits per heavy atom. The fourth-order valence-corrected chi connectivity index (χ4v) is 5.19. The average Bonchev–Trinajstić information content (AvgIpc) is 3.15. The normalized spacial score (nSPS) is 18.0. The lowest BCUT2D eigenvalue weighted by Crippen LogP contribution is -2.48. The molecule has 8 heteroatoms. The van der Waals surface area contributed by atoms with Gasteiger partial charge in [-0.3, -0.25) is 4.79 Å². The van der Waals surface area contributed by atoms with Gasteiger partial charge in [-0.05, 0) is 49.9 Å². The predicted molar refractivity (Wildman–Crippen MR) is 103 cm³/mol. The van der Waals surface area contributed by atoms with Gasteiger partial charge < -0.3 is 19.5 Å². The van der Waals surface area contributed by atoms with Gasteiger partial charge in [0.25, 0.3) is 5.91 Å². The van der Waals surface area contributed by atoms with Crippen LogP contribution in [-0.2, 0) is 16.8 Å². The number of thiophene rings is 1. The minimum Gasteiger partial charge on any atom is -0.477 e. The van der Waals surface area contributed by atoms with Crippen LogP contribution in [0.3, 0.4) is 0 Å². The molecule has 2 aromatic rings. The monoisotopic (exact) mass is 402 g/mol. The Kier molecular flexibility index (Phi) is 5.07. The molecule has 28 heavy (non-hydrogen) atoms. The van der Waals surface area contributed by atoms with E-state index in [1.54, 1.807) is 29.3 Å². The van der Waals surface area contributed by atoms with Gasteiger partial charge in [-0.1, -0.05) is 0 Å². The van der Waals surface area contributed by atoms with Gasteiger partial charge in [0, 0.05) is 24.2 Å². The Morgan fingerprint density at radius 2 is 2.18 bits per heavy atom. The SMILES string of the molecule is CCOc1ncccc1C(=O)N1CCC2(CC1)OCCc1cc(C(=O)O)sc12. The van der Waals surface area contributed by atoms with Gasteiger partial charge in [-0.2, -0.15) is 0 Å². The zero-order chi connectivity index (χ0) is 19.7. The summed E-state index contributed by atoms with van der Waals surface area (Å²) in [5, 5.41) is 9.33. The quantitative estimate of drug-likeness (QED) is 0.846. The third-order valence-corrected chi connectivity index (χ3v) is 6.68. The van der Waals surface area contributed by atoms with Gasteiger partial charge in [0.1, 0.15) is 16.0 Å². The molecule has 1 saturated heterocycles. The van der Waals surface area contributed by atoms with E-state index in [9.17, 15) is 14.7 Å².